The normalized spacial score (nSPS) is 14.3. The van der Waals surface area contributed by atoms with Crippen molar-refractivity contribution in [3.63, 3.8) is 0 Å². The molecule has 0 aliphatic carbocycles. The van der Waals surface area contributed by atoms with E-state index in [1.54, 1.807) is 17.2 Å². The maximum absolute atomic E-state index is 14.0. The number of carbonyl (C=O) groups excluding carboxylic acids is 1. The van der Waals surface area contributed by atoms with Gasteiger partial charge in [0.2, 0.25) is 0 Å². The van der Waals surface area contributed by atoms with Crippen LogP contribution in [0.4, 0.5) is 15.8 Å². The highest BCUT2D eigenvalue weighted by atomic mass is 19.1. The van der Waals surface area contributed by atoms with Gasteiger partial charge in [-0.1, -0.05) is 25.5 Å². The number of nitrogens with zero attached hydrogens (tertiary/aromatic N) is 4. The molecule has 0 saturated carbocycles. The van der Waals surface area contributed by atoms with Gasteiger partial charge in [0.25, 0.3) is 5.91 Å². The van der Waals surface area contributed by atoms with Crippen molar-refractivity contribution in [2.45, 2.75) is 19.8 Å². The van der Waals surface area contributed by atoms with Crippen LogP contribution in [0.1, 0.15) is 30.3 Å². The second-order valence-corrected chi connectivity index (χ2v) is 6.91. The van der Waals surface area contributed by atoms with Gasteiger partial charge < -0.3 is 14.7 Å². The van der Waals surface area contributed by atoms with Crippen LogP contribution >= 0.6 is 0 Å². The Balaban J connectivity index is 1.65. The molecule has 5 nitrogen and oxygen atoms in total. The summed E-state index contributed by atoms with van der Waals surface area (Å²) in [4.78, 5) is 22.8. The zero-order chi connectivity index (χ0) is 19.2. The van der Waals surface area contributed by atoms with E-state index in [4.69, 9.17) is 0 Å². The van der Waals surface area contributed by atoms with Crippen LogP contribution in [0.25, 0.3) is 0 Å². The monoisotopic (exact) mass is 370 g/mol. The van der Waals surface area contributed by atoms with E-state index >= 15 is 0 Å². The Hall–Kier alpha value is -2.63. The van der Waals surface area contributed by atoms with E-state index < -0.39 is 0 Å². The lowest BCUT2D eigenvalue weighted by molar-refractivity contribution is 0.0787. The van der Waals surface area contributed by atoms with E-state index in [1.807, 2.05) is 31.3 Å². The fourth-order valence-electron chi connectivity index (χ4n) is 3.34. The van der Waals surface area contributed by atoms with Crippen LogP contribution in [0.15, 0.2) is 42.6 Å². The number of hydrogen-bond acceptors (Lipinski definition) is 4. The second-order valence-electron chi connectivity index (χ2n) is 6.91. The lowest BCUT2D eigenvalue weighted by atomic mass is 10.2. The largest absolute Gasteiger partial charge is 0.368 e. The number of pyridine rings is 1. The van der Waals surface area contributed by atoms with E-state index in [9.17, 15) is 9.18 Å². The van der Waals surface area contributed by atoms with Gasteiger partial charge in [-0.2, -0.15) is 0 Å². The molecular formula is C21H27FN4O. The van der Waals surface area contributed by atoms with Crippen LogP contribution in [0.3, 0.4) is 0 Å². The Bertz CT molecular complexity index is 774. The number of rotatable bonds is 6. The minimum absolute atomic E-state index is 0.0460. The molecule has 1 aliphatic heterocycles. The Morgan fingerprint density at radius 2 is 1.85 bits per heavy atom. The van der Waals surface area contributed by atoms with Crippen molar-refractivity contribution < 1.29 is 9.18 Å². The van der Waals surface area contributed by atoms with Crippen molar-refractivity contribution in [1.29, 1.82) is 0 Å². The summed E-state index contributed by atoms with van der Waals surface area (Å²) in [6.07, 6.45) is 3.73. The molecule has 0 N–H and O–H groups in total. The van der Waals surface area contributed by atoms with Gasteiger partial charge in [-0.15, -0.1) is 0 Å². The van der Waals surface area contributed by atoms with Crippen LogP contribution in [-0.4, -0.2) is 55.6 Å². The van der Waals surface area contributed by atoms with Crippen LogP contribution in [0.2, 0.25) is 0 Å². The fourth-order valence-corrected chi connectivity index (χ4v) is 3.34. The van der Waals surface area contributed by atoms with E-state index in [-0.39, 0.29) is 11.7 Å². The summed E-state index contributed by atoms with van der Waals surface area (Å²) >= 11 is 0. The topological polar surface area (TPSA) is 39.7 Å². The molecule has 1 aromatic carbocycles. The number of anilines is 2. The van der Waals surface area contributed by atoms with Gasteiger partial charge in [0.05, 0.1) is 5.69 Å². The minimum Gasteiger partial charge on any atom is -0.368 e. The third-order valence-corrected chi connectivity index (χ3v) is 4.99. The highest BCUT2D eigenvalue weighted by Crippen LogP contribution is 2.23. The first-order valence-electron chi connectivity index (χ1n) is 9.56. The zero-order valence-electron chi connectivity index (χ0n) is 16.1. The molecule has 2 aromatic rings. The number of hydrogen-bond donors (Lipinski definition) is 0. The second kappa shape index (κ2) is 8.84. The molecule has 1 aromatic heterocycles. The number of carbonyl (C=O) groups is 1. The highest BCUT2D eigenvalue weighted by molar-refractivity contribution is 5.93. The molecule has 1 amide bonds. The Morgan fingerprint density at radius 3 is 2.56 bits per heavy atom. The van der Waals surface area contributed by atoms with Crippen molar-refractivity contribution in [2.24, 2.45) is 0 Å². The van der Waals surface area contributed by atoms with Crippen LogP contribution in [0, 0.1) is 5.82 Å². The van der Waals surface area contributed by atoms with E-state index in [2.05, 4.69) is 21.7 Å². The van der Waals surface area contributed by atoms with Crippen molar-refractivity contribution >= 4 is 17.3 Å². The minimum atomic E-state index is -0.183. The Morgan fingerprint density at radius 1 is 1.15 bits per heavy atom. The third kappa shape index (κ3) is 4.56. The predicted octanol–water partition coefficient (Wildman–Crippen LogP) is 3.42. The van der Waals surface area contributed by atoms with E-state index in [1.165, 1.54) is 6.07 Å². The van der Waals surface area contributed by atoms with Gasteiger partial charge in [0.15, 0.2) is 0 Å². The standard InChI is InChI=1S/C21H27FN4O/c1-3-4-11-24(2)21(27)19-16-17(9-10-23-19)25-12-14-26(15-13-25)20-8-6-5-7-18(20)22/h5-10,16H,3-4,11-15H2,1-2H3. The predicted molar refractivity (Wildman–Crippen MR) is 107 cm³/mol. The lowest BCUT2D eigenvalue weighted by Crippen LogP contribution is -2.46. The summed E-state index contributed by atoms with van der Waals surface area (Å²) in [5.41, 5.74) is 2.12. The molecular weight excluding hydrogens is 343 g/mol. The first kappa shape index (κ1) is 19.1. The molecule has 0 atom stereocenters. The summed E-state index contributed by atoms with van der Waals surface area (Å²) in [5, 5.41) is 0. The molecule has 0 unspecified atom stereocenters. The number of piperazine rings is 1. The summed E-state index contributed by atoms with van der Waals surface area (Å²) < 4.78 is 14.0. The highest BCUT2D eigenvalue weighted by Gasteiger charge is 2.21. The van der Waals surface area contributed by atoms with Gasteiger partial charge in [-0.3, -0.25) is 9.78 Å². The number of unbranched alkanes of at least 4 members (excludes halogenated alkanes) is 1. The zero-order valence-corrected chi connectivity index (χ0v) is 16.1. The molecule has 1 aliphatic rings. The third-order valence-electron chi connectivity index (χ3n) is 4.99. The van der Waals surface area contributed by atoms with Gasteiger partial charge in [0, 0.05) is 51.7 Å². The number of aromatic nitrogens is 1. The maximum atomic E-state index is 14.0. The molecule has 0 radical (unpaired) electrons. The Labute approximate surface area is 160 Å². The fraction of sp³-hybridized carbons (Fsp3) is 0.429. The summed E-state index contributed by atoms with van der Waals surface area (Å²) in [7, 11) is 1.82. The van der Waals surface area contributed by atoms with Crippen molar-refractivity contribution in [2.75, 3.05) is 49.6 Å². The maximum Gasteiger partial charge on any atom is 0.272 e. The summed E-state index contributed by atoms with van der Waals surface area (Å²) in [5.74, 6) is -0.229. The van der Waals surface area contributed by atoms with Crippen LogP contribution in [0.5, 0.6) is 0 Å². The number of amides is 1. The van der Waals surface area contributed by atoms with Crippen LogP contribution < -0.4 is 9.80 Å². The number of halogens is 1. The van der Waals surface area contributed by atoms with E-state index in [0.29, 0.717) is 11.4 Å². The summed E-state index contributed by atoms with van der Waals surface area (Å²) in [6.45, 7) is 5.88. The molecule has 0 bridgehead atoms. The molecule has 1 saturated heterocycles. The molecule has 6 heteroatoms. The number of para-hydroxylation sites is 1. The van der Waals surface area contributed by atoms with E-state index in [0.717, 1.165) is 51.3 Å². The smallest absolute Gasteiger partial charge is 0.272 e. The molecule has 144 valence electrons. The average molecular weight is 370 g/mol. The molecule has 27 heavy (non-hydrogen) atoms. The van der Waals surface area contributed by atoms with Gasteiger partial charge in [0.1, 0.15) is 11.5 Å². The van der Waals surface area contributed by atoms with Gasteiger partial charge >= 0.3 is 0 Å². The first-order valence-corrected chi connectivity index (χ1v) is 9.56. The Kier molecular flexibility index (Phi) is 6.27. The first-order chi connectivity index (χ1) is 13.1. The molecule has 2 heterocycles. The quantitative estimate of drug-likeness (QED) is 0.781. The van der Waals surface area contributed by atoms with Crippen LogP contribution in [-0.2, 0) is 0 Å². The average Bonchev–Trinajstić information content (AvgIpc) is 2.72. The summed E-state index contributed by atoms with van der Waals surface area (Å²) in [6, 6.07) is 10.7. The molecule has 3 rings (SSSR count). The SMILES string of the molecule is CCCCN(C)C(=O)c1cc(N2CCN(c3ccccc3F)CC2)ccn1. The lowest BCUT2D eigenvalue weighted by Gasteiger charge is -2.37. The van der Waals surface area contributed by atoms with Gasteiger partial charge in [-0.05, 0) is 30.7 Å². The number of benzene rings is 1. The molecule has 0 spiro atoms. The van der Waals surface area contributed by atoms with Gasteiger partial charge in [-0.25, -0.2) is 4.39 Å². The molecule has 1 fully saturated rings. The van der Waals surface area contributed by atoms with Crippen molar-refractivity contribution in [3.05, 3.63) is 54.1 Å². The van der Waals surface area contributed by atoms with Crippen molar-refractivity contribution in [1.82, 2.24) is 9.88 Å². The van der Waals surface area contributed by atoms with Crippen molar-refractivity contribution in [3.8, 4) is 0 Å².